The molecule has 55 heavy (non-hydrogen) atoms. The van der Waals surface area contributed by atoms with Crippen LogP contribution in [0.3, 0.4) is 0 Å². The lowest BCUT2D eigenvalue weighted by Gasteiger charge is -2.34. The molecule has 318 valence electrons. The number of carboxylic acids is 1. The Kier molecular flexibility index (Phi) is 20.8. The quantitative estimate of drug-likeness (QED) is 0.356. The molecule has 5 aliphatic heterocycles. The molecule has 0 aliphatic carbocycles. The maximum Gasteiger partial charge on any atom is 0.332 e. The average Bonchev–Trinajstić information content (AvgIpc) is 3.11. The van der Waals surface area contributed by atoms with Crippen molar-refractivity contribution in [1.29, 1.82) is 0 Å². The van der Waals surface area contributed by atoms with E-state index in [2.05, 4.69) is 0 Å². The molecule has 17 heteroatoms. The number of carbonyl (C=O) groups is 5. The van der Waals surface area contributed by atoms with E-state index < -0.39 is 23.3 Å². The Labute approximate surface area is 332 Å². The number of aliphatic carboxylic acids is 1. The number of hydrogen-bond donors (Lipinski definition) is 2. The fraction of sp³-hybridized carbons (Fsp3) is 0.868. The van der Waals surface area contributed by atoms with Crippen LogP contribution in [-0.2, 0) is 57.1 Å². The second kappa shape index (κ2) is 23.6. The number of carboxylic acid groups (broad SMARTS) is 1. The van der Waals surface area contributed by atoms with Crippen LogP contribution in [0.1, 0.15) is 92.9 Å². The van der Waals surface area contributed by atoms with Crippen LogP contribution in [0.4, 0.5) is 0 Å². The highest BCUT2D eigenvalue weighted by Crippen LogP contribution is 2.25. The molecule has 0 radical (unpaired) electrons. The highest BCUT2D eigenvalue weighted by Gasteiger charge is 2.33. The molecule has 6 atom stereocenters. The van der Waals surface area contributed by atoms with Gasteiger partial charge in [0.25, 0.3) is 11.8 Å². The Hall–Kier alpha value is -2.60. The number of morpholine rings is 2. The summed E-state index contributed by atoms with van der Waals surface area (Å²) in [5.74, 6) is -1.01. The Morgan fingerprint density at radius 1 is 0.600 bits per heavy atom. The van der Waals surface area contributed by atoms with Crippen LogP contribution >= 0.6 is 12.4 Å². The molecule has 0 saturated carbocycles. The standard InChI is InChI=1S/C16H27NO5.C12H20O5.C10H18N2O3.ClH/c1-16(2,3)22-14(18)10-12-4-5-13(21-11-12)15(19)17-6-8-20-9-7-17;1-12(2,3)17-10(13)6-8-4-5-9(11(14)15)16-7-8;11-8-1-2-9(15-7-8)10(13)12-3-5-14-6-4-12;/h12-13H,4-11H2,1-3H3;8-9H,4-7H2,1-3H3,(H,14,15);8-9H,1-7,11H2;1H/t12-,13-;8-,9-;8-,9+;/m001./s1. The van der Waals surface area contributed by atoms with Crippen LogP contribution in [0.25, 0.3) is 0 Å². The maximum absolute atomic E-state index is 12.3. The van der Waals surface area contributed by atoms with Gasteiger partial charge in [0, 0.05) is 32.2 Å². The van der Waals surface area contributed by atoms with Crippen molar-refractivity contribution in [2.75, 3.05) is 72.4 Å². The number of nitrogens with zero attached hydrogens (tertiary/aromatic N) is 2. The second-order valence-electron chi connectivity index (χ2n) is 16.5. The average molecular weight is 808 g/mol. The van der Waals surface area contributed by atoms with Crippen LogP contribution < -0.4 is 5.73 Å². The van der Waals surface area contributed by atoms with Crippen molar-refractivity contribution in [3.63, 3.8) is 0 Å². The van der Waals surface area contributed by atoms with E-state index in [0.717, 1.165) is 19.3 Å². The van der Waals surface area contributed by atoms with E-state index >= 15 is 0 Å². The molecule has 0 aromatic rings. The minimum absolute atomic E-state index is 0. The lowest BCUT2D eigenvalue weighted by atomic mass is 9.95. The summed E-state index contributed by atoms with van der Waals surface area (Å²) in [4.78, 5) is 61.9. The first-order valence-corrected chi connectivity index (χ1v) is 19.4. The second-order valence-corrected chi connectivity index (χ2v) is 16.5. The zero-order chi connectivity index (χ0) is 39.9. The smallest absolute Gasteiger partial charge is 0.332 e. The predicted octanol–water partition coefficient (Wildman–Crippen LogP) is 2.74. The van der Waals surface area contributed by atoms with E-state index in [1.54, 1.807) is 0 Å². The summed E-state index contributed by atoms with van der Waals surface area (Å²) < 4.78 is 37.3. The zero-order valence-corrected chi connectivity index (χ0v) is 34.4. The number of carbonyl (C=O) groups excluding carboxylic acids is 4. The molecule has 5 heterocycles. The zero-order valence-electron chi connectivity index (χ0n) is 33.6. The highest BCUT2D eigenvalue weighted by molar-refractivity contribution is 5.85. The summed E-state index contributed by atoms with van der Waals surface area (Å²) in [6.07, 6.45) is 3.56. The minimum Gasteiger partial charge on any atom is -0.479 e. The largest absolute Gasteiger partial charge is 0.479 e. The van der Waals surface area contributed by atoms with Crippen molar-refractivity contribution in [1.82, 2.24) is 9.80 Å². The molecule has 16 nitrogen and oxygen atoms in total. The fourth-order valence-corrected chi connectivity index (χ4v) is 6.50. The third kappa shape index (κ3) is 18.9. The van der Waals surface area contributed by atoms with Crippen molar-refractivity contribution in [2.24, 2.45) is 17.6 Å². The van der Waals surface area contributed by atoms with Crippen LogP contribution in [0, 0.1) is 11.8 Å². The van der Waals surface area contributed by atoms with Gasteiger partial charge in [-0.1, -0.05) is 0 Å². The fourth-order valence-electron chi connectivity index (χ4n) is 6.50. The number of nitrogens with two attached hydrogens (primary N) is 1. The van der Waals surface area contributed by atoms with Crippen molar-refractivity contribution >= 4 is 42.1 Å². The maximum atomic E-state index is 12.3. The van der Waals surface area contributed by atoms with Crippen LogP contribution in [-0.4, -0.2) is 153 Å². The molecule has 0 aromatic heterocycles. The first-order valence-electron chi connectivity index (χ1n) is 19.4. The van der Waals surface area contributed by atoms with Crippen molar-refractivity contribution in [2.45, 2.75) is 128 Å². The molecule has 0 spiro atoms. The number of halogens is 1. The molecule has 5 saturated heterocycles. The van der Waals surface area contributed by atoms with Crippen LogP contribution in [0.15, 0.2) is 0 Å². The van der Waals surface area contributed by atoms with Crippen molar-refractivity contribution in [3.8, 4) is 0 Å². The Morgan fingerprint density at radius 3 is 1.27 bits per heavy atom. The van der Waals surface area contributed by atoms with Gasteiger partial charge in [0.1, 0.15) is 23.4 Å². The molecule has 5 fully saturated rings. The van der Waals surface area contributed by atoms with E-state index in [9.17, 15) is 24.0 Å². The molecule has 2 amide bonds. The summed E-state index contributed by atoms with van der Waals surface area (Å²) in [5, 5.41) is 8.74. The number of amides is 2. The van der Waals surface area contributed by atoms with Gasteiger partial charge in [0.15, 0.2) is 6.10 Å². The Morgan fingerprint density at radius 2 is 0.964 bits per heavy atom. The van der Waals surface area contributed by atoms with E-state index in [0.29, 0.717) is 105 Å². The van der Waals surface area contributed by atoms with Gasteiger partial charge in [-0.15, -0.1) is 12.4 Å². The topological polar surface area (TPSA) is 203 Å². The molecular weight excluding hydrogens is 742 g/mol. The van der Waals surface area contributed by atoms with Gasteiger partial charge in [0.05, 0.1) is 59.1 Å². The molecule has 0 unspecified atom stereocenters. The van der Waals surface area contributed by atoms with Gasteiger partial charge < -0.3 is 53.8 Å². The Balaban J connectivity index is 0.000000288. The Bertz CT molecular complexity index is 1190. The normalized spacial score (nSPS) is 27.4. The van der Waals surface area contributed by atoms with Crippen LogP contribution in [0.2, 0.25) is 0 Å². The highest BCUT2D eigenvalue weighted by atomic mass is 35.5. The lowest BCUT2D eigenvalue weighted by Crippen LogP contribution is -2.49. The third-order valence-corrected chi connectivity index (χ3v) is 9.27. The molecule has 3 N–H and O–H groups in total. The van der Waals surface area contributed by atoms with Gasteiger partial charge in [-0.2, -0.15) is 0 Å². The van der Waals surface area contributed by atoms with Gasteiger partial charge in [-0.25, -0.2) is 4.79 Å². The number of hydrogen-bond acceptors (Lipinski definition) is 13. The van der Waals surface area contributed by atoms with Crippen molar-refractivity contribution in [3.05, 3.63) is 0 Å². The van der Waals surface area contributed by atoms with Crippen LogP contribution in [0.5, 0.6) is 0 Å². The summed E-state index contributed by atoms with van der Waals surface area (Å²) in [6, 6.07) is 0.0961. The van der Waals surface area contributed by atoms with E-state index in [1.807, 2.05) is 51.3 Å². The van der Waals surface area contributed by atoms with Gasteiger partial charge in [-0.05, 0) is 91.9 Å². The number of ether oxygens (including phenoxy) is 7. The van der Waals surface area contributed by atoms with E-state index in [1.165, 1.54) is 0 Å². The number of rotatable bonds is 7. The predicted molar refractivity (Wildman–Crippen MR) is 202 cm³/mol. The van der Waals surface area contributed by atoms with Crippen molar-refractivity contribution < 1.29 is 62.2 Å². The summed E-state index contributed by atoms with van der Waals surface area (Å²) in [7, 11) is 0. The summed E-state index contributed by atoms with van der Waals surface area (Å²) >= 11 is 0. The number of esters is 2. The monoisotopic (exact) mass is 807 g/mol. The minimum atomic E-state index is -0.930. The van der Waals surface area contributed by atoms with Gasteiger partial charge in [0.2, 0.25) is 0 Å². The SMILES string of the molecule is CC(C)(C)OC(=O)C[C@@H]1CC[C@@H](C(=O)N2CCOCC2)OC1.CC(C)(C)OC(=O)C[C@@H]1CC[C@@H](C(=O)O)OC1.Cl.N[C@@H]1CC[C@@H](C(=O)N2CCOCC2)OC1. The molecule has 0 aromatic carbocycles. The van der Waals surface area contributed by atoms with Gasteiger partial charge in [-0.3, -0.25) is 19.2 Å². The summed E-state index contributed by atoms with van der Waals surface area (Å²) in [5.41, 5.74) is 4.77. The van der Waals surface area contributed by atoms with E-state index in [4.69, 9.17) is 44.0 Å². The first-order chi connectivity index (χ1) is 25.4. The van der Waals surface area contributed by atoms with E-state index in [-0.39, 0.29) is 66.2 Å². The third-order valence-electron chi connectivity index (χ3n) is 9.27. The molecular formula is C38H66ClN3O13. The first kappa shape index (κ1) is 48.5. The molecule has 5 aliphatic rings. The lowest BCUT2D eigenvalue weighted by molar-refractivity contribution is -0.162. The summed E-state index contributed by atoms with van der Waals surface area (Å²) in [6.45, 7) is 17.4. The molecule has 5 rings (SSSR count). The molecule has 0 bridgehead atoms. The van der Waals surface area contributed by atoms with Gasteiger partial charge >= 0.3 is 17.9 Å².